The van der Waals surface area contributed by atoms with Gasteiger partial charge in [0.05, 0.1) is 12.5 Å². The molecule has 6 nitrogen and oxygen atoms in total. The van der Waals surface area contributed by atoms with E-state index in [1.54, 1.807) is 12.1 Å². The number of benzene rings is 1. The molecule has 3 saturated heterocycles. The topological polar surface area (TPSA) is 64.1 Å². The Morgan fingerprint density at radius 1 is 0.862 bits per heavy atom. The van der Waals surface area contributed by atoms with Crippen LogP contribution in [0.5, 0.6) is 0 Å². The largest absolute Gasteiger partial charge is 0.392 e. The van der Waals surface area contributed by atoms with Gasteiger partial charge in [-0.05, 0) is 62.8 Å². The second-order valence-electron chi connectivity index (χ2n) is 8.74. The van der Waals surface area contributed by atoms with Gasteiger partial charge < -0.3 is 14.9 Å². The molecule has 29 heavy (non-hydrogen) atoms. The fourth-order valence-electron chi connectivity index (χ4n) is 5.10. The minimum Gasteiger partial charge on any atom is -0.392 e. The summed E-state index contributed by atoms with van der Waals surface area (Å²) in [7, 11) is 0. The van der Waals surface area contributed by atoms with Crippen LogP contribution < -0.4 is 0 Å². The molecule has 0 unspecified atom stereocenters. The number of likely N-dealkylation sites (tertiary alicyclic amines) is 3. The molecule has 1 N–H and O–H groups in total. The molecule has 0 aromatic heterocycles. The van der Waals surface area contributed by atoms with Crippen molar-refractivity contribution >= 4 is 11.8 Å². The van der Waals surface area contributed by atoms with E-state index >= 15 is 0 Å². The molecule has 0 radical (unpaired) electrons. The van der Waals surface area contributed by atoms with Gasteiger partial charge in [0.2, 0.25) is 5.91 Å². The standard InChI is InChI=1S/C23H33N3O3/c27-17-18-5-7-19(8-6-18)22(28)25-14-9-21(10-15-25)26-13-3-4-20(16-26)23(29)24-11-1-2-12-24/h5-8,20-21,27H,1-4,9-17H2/t20-/m0/s1. The molecule has 1 atom stereocenters. The summed E-state index contributed by atoms with van der Waals surface area (Å²) in [6.45, 7) is 5.38. The highest BCUT2D eigenvalue weighted by Crippen LogP contribution is 2.26. The van der Waals surface area contributed by atoms with E-state index in [2.05, 4.69) is 9.80 Å². The molecule has 3 aliphatic heterocycles. The van der Waals surface area contributed by atoms with Crippen LogP contribution in [-0.4, -0.2) is 76.9 Å². The van der Waals surface area contributed by atoms with Crippen LogP contribution in [0, 0.1) is 5.92 Å². The molecule has 2 amide bonds. The molecular formula is C23H33N3O3. The lowest BCUT2D eigenvalue weighted by atomic mass is 9.92. The van der Waals surface area contributed by atoms with Crippen molar-refractivity contribution in [3.05, 3.63) is 35.4 Å². The van der Waals surface area contributed by atoms with E-state index in [4.69, 9.17) is 5.11 Å². The van der Waals surface area contributed by atoms with E-state index in [0.29, 0.717) is 17.5 Å². The lowest BCUT2D eigenvalue weighted by Crippen LogP contribution is -2.51. The first-order valence-corrected chi connectivity index (χ1v) is 11.2. The van der Waals surface area contributed by atoms with Crippen LogP contribution in [0.3, 0.4) is 0 Å². The van der Waals surface area contributed by atoms with Crippen molar-refractivity contribution in [2.75, 3.05) is 39.3 Å². The first kappa shape index (κ1) is 20.4. The summed E-state index contributed by atoms with van der Waals surface area (Å²) in [6.07, 6.45) is 6.37. The van der Waals surface area contributed by atoms with Crippen LogP contribution in [0.25, 0.3) is 0 Å². The lowest BCUT2D eigenvalue weighted by Gasteiger charge is -2.42. The number of piperidine rings is 2. The normalized spacial score (nSPS) is 24.1. The molecule has 3 aliphatic rings. The molecule has 3 heterocycles. The maximum Gasteiger partial charge on any atom is 0.253 e. The molecule has 158 valence electrons. The van der Waals surface area contributed by atoms with Crippen molar-refractivity contribution in [3.63, 3.8) is 0 Å². The maximum atomic E-state index is 12.8. The molecule has 4 rings (SSSR count). The Bertz CT molecular complexity index is 707. The van der Waals surface area contributed by atoms with Crippen molar-refractivity contribution < 1.29 is 14.7 Å². The maximum absolute atomic E-state index is 12.8. The van der Waals surface area contributed by atoms with Gasteiger partial charge in [-0.3, -0.25) is 14.5 Å². The van der Waals surface area contributed by atoms with Gasteiger partial charge in [0.15, 0.2) is 0 Å². The summed E-state index contributed by atoms with van der Waals surface area (Å²) in [5.74, 6) is 0.603. The molecule has 0 bridgehead atoms. The fraction of sp³-hybridized carbons (Fsp3) is 0.652. The van der Waals surface area contributed by atoms with E-state index in [9.17, 15) is 9.59 Å². The van der Waals surface area contributed by atoms with Gasteiger partial charge in [-0.1, -0.05) is 12.1 Å². The minimum atomic E-state index is -0.00302. The van der Waals surface area contributed by atoms with Crippen molar-refractivity contribution in [1.29, 1.82) is 0 Å². The highest BCUT2D eigenvalue weighted by atomic mass is 16.3. The number of aliphatic hydroxyl groups excluding tert-OH is 1. The SMILES string of the molecule is O=C(c1ccc(CO)cc1)N1CCC(N2CCC[C@H](C(=O)N3CCCC3)C2)CC1. The predicted molar refractivity (Wildman–Crippen MR) is 111 cm³/mol. The van der Waals surface area contributed by atoms with Crippen molar-refractivity contribution in [2.24, 2.45) is 5.92 Å². The zero-order valence-electron chi connectivity index (χ0n) is 17.3. The summed E-state index contributed by atoms with van der Waals surface area (Å²) in [6, 6.07) is 7.71. The number of nitrogens with zero attached hydrogens (tertiary/aromatic N) is 3. The van der Waals surface area contributed by atoms with E-state index in [1.165, 1.54) is 0 Å². The smallest absolute Gasteiger partial charge is 0.253 e. The minimum absolute atomic E-state index is 0.00302. The van der Waals surface area contributed by atoms with Gasteiger partial charge in [0.25, 0.3) is 5.91 Å². The number of amides is 2. The first-order chi connectivity index (χ1) is 14.2. The Hall–Kier alpha value is -1.92. The molecular weight excluding hydrogens is 366 g/mol. The summed E-state index contributed by atoms with van der Waals surface area (Å²) in [5.41, 5.74) is 1.51. The average molecular weight is 400 g/mol. The lowest BCUT2D eigenvalue weighted by molar-refractivity contribution is -0.136. The van der Waals surface area contributed by atoms with Gasteiger partial charge in [-0.2, -0.15) is 0 Å². The van der Waals surface area contributed by atoms with Gasteiger partial charge in [-0.15, -0.1) is 0 Å². The van der Waals surface area contributed by atoms with Crippen molar-refractivity contribution in [2.45, 2.75) is 51.2 Å². The Labute approximate surface area is 173 Å². The number of rotatable bonds is 4. The van der Waals surface area contributed by atoms with Crippen LogP contribution in [0.1, 0.15) is 54.4 Å². The van der Waals surface area contributed by atoms with Gasteiger partial charge in [0, 0.05) is 44.3 Å². The molecule has 1 aromatic rings. The molecule has 0 spiro atoms. The molecule has 3 fully saturated rings. The molecule has 1 aromatic carbocycles. The number of carbonyl (C=O) groups is 2. The molecule has 0 saturated carbocycles. The Kier molecular flexibility index (Phi) is 6.50. The van der Waals surface area contributed by atoms with Crippen molar-refractivity contribution in [1.82, 2.24) is 14.7 Å². The third-order valence-electron chi connectivity index (χ3n) is 6.87. The quantitative estimate of drug-likeness (QED) is 0.842. The molecule has 0 aliphatic carbocycles. The van der Waals surface area contributed by atoms with E-state index in [-0.39, 0.29) is 18.4 Å². The van der Waals surface area contributed by atoms with E-state index in [0.717, 1.165) is 83.4 Å². The number of hydrogen-bond acceptors (Lipinski definition) is 4. The summed E-state index contributed by atoms with van der Waals surface area (Å²) < 4.78 is 0. The zero-order chi connectivity index (χ0) is 20.2. The zero-order valence-corrected chi connectivity index (χ0v) is 17.3. The molecule has 6 heteroatoms. The van der Waals surface area contributed by atoms with Crippen LogP contribution in [0.4, 0.5) is 0 Å². The summed E-state index contributed by atoms with van der Waals surface area (Å²) >= 11 is 0. The highest BCUT2D eigenvalue weighted by molar-refractivity contribution is 5.94. The van der Waals surface area contributed by atoms with Crippen molar-refractivity contribution in [3.8, 4) is 0 Å². The second-order valence-corrected chi connectivity index (χ2v) is 8.74. The van der Waals surface area contributed by atoms with E-state index < -0.39 is 0 Å². The first-order valence-electron chi connectivity index (χ1n) is 11.2. The second kappa shape index (κ2) is 9.26. The predicted octanol–water partition coefficient (Wildman–Crippen LogP) is 2.12. The van der Waals surface area contributed by atoms with Crippen LogP contribution in [0.15, 0.2) is 24.3 Å². The highest BCUT2D eigenvalue weighted by Gasteiger charge is 2.34. The fourth-order valence-corrected chi connectivity index (χ4v) is 5.10. The number of hydrogen-bond donors (Lipinski definition) is 1. The monoisotopic (exact) mass is 399 g/mol. The average Bonchev–Trinajstić information content (AvgIpc) is 3.33. The van der Waals surface area contributed by atoms with Crippen LogP contribution >= 0.6 is 0 Å². The van der Waals surface area contributed by atoms with Gasteiger partial charge in [0.1, 0.15) is 0 Å². The Morgan fingerprint density at radius 3 is 2.21 bits per heavy atom. The van der Waals surface area contributed by atoms with Gasteiger partial charge in [-0.25, -0.2) is 0 Å². The van der Waals surface area contributed by atoms with E-state index in [1.807, 2.05) is 17.0 Å². The number of carbonyl (C=O) groups excluding carboxylic acids is 2. The Balaban J connectivity index is 1.29. The van der Waals surface area contributed by atoms with Crippen LogP contribution in [0.2, 0.25) is 0 Å². The van der Waals surface area contributed by atoms with Crippen LogP contribution in [-0.2, 0) is 11.4 Å². The summed E-state index contributed by atoms with van der Waals surface area (Å²) in [5, 5.41) is 9.16. The Morgan fingerprint density at radius 2 is 1.55 bits per heavy atom. The van der Waals surface area contributed by atoms with Gasteiger partial charge >= 0.3 is 0 Å². The third kappa shape index (κ3) is 4.64. The summed E-state index contributed by atoms with van der Waals surface area (Å²) in [4.78, 5) is 32.1. The number of aliphatic hydroxyl groups is 1. The third-order valence-corrected chi connectivity index (χ3v) is 6.87.